The Hall–Kier alpha value is -2.01. The van der Waals surface area contributed by atoms with Gasteiger partial charge in [-0.15, -0.1) is 13.2 Å². The van der Waals surface area contributed by atoms with Crippen LogP contribution in [0.5, 0.6) is 0 Å². The summed E-state index contributed by atoms with van der Waals surface area (Å²) in [5.41, 5.74) is -3.81. The lowest BCUT2D eigenvalue weighted by Crippen LogP contribution is -2.62. The molecule has 0 aliphatic heterocycles. The number of allylic oxidation sites excluding steroid dienone is 2. The summed E-state index contributed by atoms with van der Waals surface area (Å²) in [6, 6.07) is 0. The minimum atomic E-state index is -7.08. The van der Waals surface area contributed by atoms with Gasteiger partial charge in [-0.2, -0.15) is 39.5 Å². The summed E-state index contributed by atoms with van der Waals surface area (Å²) >= 11 is 1.44. The molecule has 1 rings (SSSR count). The highest BCUT2D eigenvalue weighted by molar-refractivity contribution is 14.1. The van der Waals surface area contributed by atoms with Crippen molar-refractivity contribution in [2.75, 3.05) is 0 Å². The van der Waals surface area contributed by atoms with E-state index in [1.807, 2.05) is 0 Å². The molecule has 0 fully saturated rings. The molecule has 16 heteroatoms. The van der Waals surface area contributed by atoms with Gasteiger partial charge in [-0.1, -0.05) is 48.6 Å². The van der Waals surface area contributed by atoms with Gasteiger partial charge in [0.05, 0.1) is 13.1 Å². The van der Waals surface area contributed by atoms with E-state index < -0.39 is 76.4 Å². The highest BCUT2D eigenvalue weighted by Gasteiger charge is 2.81. The molecule has 6 nitrogen and oxygen atoms in total. The average molecular weight is 637 g/mol. The van der Waals surface area contributed by atoms with Crippen LogP contribution < -0.4 is 17.1 Å². The Morgan fingerprint density at radius 3 is 1.46 bits per heavy atom. The average Bonchev–Trinajstić information content (AvgIpc) is 2.68. The largest absolute Gasteiger partial charge is 0.460 e. The van der Waals surface area contributed by atoms with E-state index in [0.29, 0.717) is 9.13 Å². The maximum Gasteiger partial charge on any atom is 0.460 e. The summed E-state index contributed by atoms with van der Waals surface area (Å²) in [5, 5.41) is 0. The molecule has 0 N–H and O–H groups in total. The van der Waals surface area contributed by atoms with E-state index in [-0.39, 0.29) is 4.57 Å². The topological polar surface area (TPSA) is 66.0 Å². The lowest BCUT2D eigenvalue weighted by molar-refractivity contribution is -0.398. The normalized spacial score (nSPS) is 14.6. The van der Waals surface area contributed by atoms with Gasteiger partial charge in [0.1, 0.15) is 0 Å². The quantitative estimate of drug-likeness (QED) is 0.158. The van der Waals surface area contributed by atoms with Crippen LogP contribution in [0.15, 0.2) is 39.7 Å². The third-order valence-corrected chi connectivity index (χ3v) is 5.98. The maximum atomic E-state index is 14.4. The summed E-state index contributed by atoms with van der Waals surface area (Å²) < 4.78 is 120. The Morgan fingerprint density at radius 1 is 0.771 bits per heavy atom. The summed E-state index contributed by atoms with van der Waals surface area (Å²) in [6.45, 7) is 6.96. The minimum absolute atomic E-state index is 0.246. The van der Waals surface area contributed by atoms with Crippen molar-refractivity contribution in [2.24, 2.45) is 5.92 Å². The Bertz CT molecular complexity index is 1080. The molecule has 0 radical (unpaired) electrons. The molecule has 35 heavy (non-hydrogen) atoms. The molecule has 1 unspecified atom stereocenters. The standard InChI is InChI=1S/C19H21F9IN3O3/c1-5-7-30-12(33)31(8-6-2)14(35)32(13(30)34)10-11(15(3,4)29)9-16(20,21)17(22,23)18(24,25)19(26,27)28/h5-6,11H,1-2,7-10H2,3-4H3. The molecule has 1 aromatic rings. The van der Waals surface area contributed by atoms with Gasteiger partial charge in [-0.25, -0.2) is 28.1 Å². The third kappa shape index (κ3) is 5.87. The van der Waals surface area contributed by atoms with Crippen molar-refractivity contribution in [2.45, 2.75) is 67.3 Å². The van der Waals surface area contributed by atoms with E-state index in [9.17, 15) is 53.9 Å². The minimum Gasteiger partial charge on any atom is -0.247 e. The van der Waals surface area contributed by atoms with E-state index in [1.165, 1.54) is 22.6 Å². The Balaban J connectivity index is 3.71. The van der Waals surface area contributed by atoms with Gasteiger partial charge in [0, 0.05) is 16.4 Å². The number of hydrogen-bond donors (Lipinski definition) is 0. The molecule has 0 aliphatic rings. The van der Waals surface area contributed by atoms with Crippen molar-refractivity contribution in [1.29, 1.82) is 0 Å². The first-order valence-corrected chi connectivity index (χ1v) is 10.7. The first kappa shape index (κ1) is 31.0. The van der Waals surface area contributed by atoms with Gasteiger partial charge >= 0.3 is 41.0 Å². The second-order valence-corrected chi connectivity index (χ2v) is 10.9. The summed E-state index contributed by atoms with van der Waals surface area (Å²) in [5.74, 6) is -21.8. The summed E-state index contributed by atoms with van der Waals surface area (Å²) in [6.07, 6.45) is -7.06. The van der Waals surface area contributed by atoms with E-state index in [4.69, 9.17) is 0 Å². The molecule has 0 saturated heterocycles. The van der Waals surface area contributed by atoms with Gasteiger partial charge in [0.15, 0.2) is 0 Å². The number of aromatic nitrogens is 3. The number of alkyl halides is 10. The fraction of sp³-hybridized carbons (Fsp3) is 0.632. The van der Waals surface area contributed by atoms with E-state index in [2.05, 4.69) is 13.2 Å². The molecular weight excluding hydrogens is 616 g/mol. The Kier molecular flexibility index (Phi) is 9.00. The molecule has 0 saturated carbocycles. The highest BCUT2D eigenvalue weighted by atomic mass is 127. The van der Waals surface area contributed by atoms with Crippen LogP contribution in [-0.4, -0.2) is 41.1 Å². The van der Waals surface area contributed by atoms with Crippen LogP contribution in [0, 0.1) is 5.92 Å². The number of nitrogens with zero attached hydrogens (tertiary/aromatic N) is 3. The van der Waals surface area contributed by atoms with E-state index >= 15 is 0 Å². The monoisotopic (exact) mass is 637 g/mol. The maximum absolute atomic E-state index is 14.4. The molecule has 0 bridgehead atoms. The van der Waals surface area contributed by atoms with Crippen molar-refractivity contribution >= 4 is 22.6 Å². The smallest absolute Gasteiger partial charge is 0.247 e. The van der Waals surface area contributed by atoms with E-state index in [0.717, 1.165) is 26.0 Å². The molecule has 1 aromatic heterocycles. The van der Waals surface area contributed by atoms with Crippen LogP contribution in [0.2, 0.25) is 0 Å². The van der Waals surface area contributed by atoms with Crippen LogP contribution in [0.25, 0.3) is 0 Å². The van der Waals surface area contributed by atoms with Crippen LogP contribution in [-0.2, 0) is 19.6 Å². The molecule has 1 atom stereocenters. The van der Waals surface area contributed by atoms with Gasteiger partial charge < -0.3 is 0 Å². The third-order valence-electron chi connectivity index (χ3n) is 5.10. The number of hydrogen-bond acceptors (Lipinski definition) is 3. The van der Waals surface area contributed by atoms with Gasteiger partial charge in [0.2, 0.25) is 0 Å². The van der Waals surface area contributed by atoms with E-state index in [1.54, 1.807) is 0 Å². The number of rotatable bonds is 11. The zero-order valence-electron chi connectivity index (χ0n) is 18.3. The highest BCUT2D eigenvalue weighted by Crippen LogP contribution is 2.55. The molecule has 0 spiro atoms. The molecular formula is C19H21F9IN3O3. The molecule has 0 amide bonds. The first-order chi connectivity index (χ1) is 15.6. The summed E-state index contributed by atoms with van der Waals surface area (Å²) in [4.78, 5) is 37.8. The lowest BCUT2D eigenvalue weighted by Gasteiger charge is -2.38. The summed E-state index contributed by atoms with van der Waals surface area (Å²) in [7, 11) is 0. The predicted octanol–water partition coefficient (Wildman–Crippen LogP) is 4.23. The van der Waals surface area contributed by atoms with Crippen molar-refractivity contribution in [1.82, 2.24) is 13.7 Å². The van der Waals surface area contributed by atoms with Crippen LogP contribution in [0.4, 0.5) is 39.5 Å². The van der Waals surface area contributed by atoms with Crippen molar-refractivity contribution in [3.63, 3.8) is 0 Å². The second kappa shape index (κ2) is 10.2. The molecule has 0 aliphatic carbocycles. The molecule has 0 aromatic carbocycles. The van der Waals surface area contributed by atoms with Crippen molar-refractivity contribution < 1.29 is 39.5 Å². The second-order valence-electron chi connectivity index (χ2n) is 8.07. The predicted molar refractivity (Wildman–Crippen MR) is 117 cm³/mol. The van der Waals surface area contributed by atoms with Gasteiger partial charge in [-0.3, -0.25) is 0 Å². The van der Waals surface area contributed by atoms with Gasteiger partial charge in [0.25, 0.3) is 0 Å². The number of halogens is 10. The van der Waals surface area contributed by atoms with Gasteiger partial charge in [-0.05, 0) is 5.92 Å². The Morgan fingerprint density at radius 2 is 1.14 bits per heavy atom. The van der Waals surface area contributed by atoms with Crippen LogP contribution in [0.1, 0.15) is 20.3 Å². The molecule has 200 valence electrons. The van der Waals surface area contributed by atoms with Crippen LogP contribution >= 0.6 is 22.6 Å². The SMILES string of the molecule is C=CCn1c(=O)n(CC=C)c(=O)n(CC(CC(F)(F)C(F)(F)C(F)(F)C(F)(F)F)C(C)(C)I)c1=O. The zero-order chi connectivity index (χ0) is 27.8. The van der Waals surface area contributed by atoms with Crippen LogP contribution in [0.3, 0.4) is 0 Å². The Labute approximate surface area is 205 Å². The lowest BCUT2D eigenvalue weighted by atomic mass is 9.86. The van der Waals surface area contributed by atoms with Crippen molar-refractivity contribution in [3.8, 4) is 0 Å². The first-order valence-electron chi connectivity index (χ1n) is 9.63. The molecule has 1 heterocycles. The fourth-order valence-electron chi connectivity index (χ4n) is 3.00. The zero-order valence-corrected chi connectivity index (χ0v) is 20.5. The van der Waals surface area contributed by atoms with Crippen molar-refractivity contribution in [3.05, 3.63) is 56.8 Å². The fourth-order valence-corrected chi connectivity index (χ4v) is 3.42.